The van der Waals surface area contributed by atoms with Crippen molar-refractivity contribution < 1.29 is 0 Å². The Morgan fingerprint density at radius 2 is 2.15 bits per heavy atom. The van der Waals surface area contributed by atoms with Gasteiger partial charge in [-0.25, -0.2) is 0 Å². The predicted molar refractivity (Wildman–Crippen MR) is 64.4 cm³/mol. The molecule has 0 rings (SSSR count). The number of rotatable bonds is 6. The molecule has 0 atom stereocenters. The molecule has 0 aromatic heterocycles. The lowest BCUT2D eigenvalue weighted by Crippen LogP contribution is -1.85. The van der Waals surface area contributed by atoms with Crippen LogP contribution in [0.3, 0.4) is 0 Å². The molecule has 0 aliphatic heterocycles. The first kappa shape index (κ1) is 12.5. The molecule has 0 saturated heterocycles. The van der Waals surface area contributed by atoms with E-state index in [0.29, 0.717) is 0 Å². The van der Waals surface area contributed by atoms with Gasteiger partial charge >= 0.3 is 0 Å². The van der Waals surface area contributed by atoms with Crippen LogP contribution in [-0.2, 0) is 0 Å². The van der Waals surface area contributed by atoms with E-state index >= 15 is 0 Å². The minimum Gasteiger partial charge on any atom is -0.261 e. The van der Waals surface area contributed by atoms with E-state index in [1.807, 2.05) is 0 Å². The monoisotopic (exact) mass is 197 g/mol. The van der Waals surface area contributed by atoms with Crippen molar-refractivity contribution in [2.24, 2.45) is 4.99 Å². The minimum absolute atomic E-state index is 1.06. The molecule has 0 aromatic carbocycles. The van der Waals surface area contributed by atoms with E-state index in [0.717, 1.165) is 19.3 Å². The summed E-state index contributed by atoms with van der Waals surface area (Å²) in [6, 6.07) is 0. The third-order valence-electron chi connectivity index (χ3n) is 1.71. The van der Waals surface area contributed by atoms with Gasteiger partial charge in [0.2, 0.25) is 0 Å². The fourth-order valence-corrected chi connectivity index (χ4v) is 1.80. The van der Waals surface area contributed by atoms with Crippen molar-refractivity contribution in [1.29, 1.82) is 0 Å². The Balaban J connectivity index is 4.61. The molecule has 0 aliphatic carbocycles. The quantitative estimate of drug-likeness (QED) is 0.586. The minimum atomic E-state index is 1.06. The summed E-state index contributed by atoms with van der Waals surface area (Å²) in [4.78, 5) is 5.78. The third kappa shape index (κ3) is 4.94. The summed E-state index contributed by atoms with van der Waals surface area (Å²) >= 11 is 1.80. The first-order valence-corrected chi connectivity index (χ1v) is 5.93. The van der Waals surface area contributed by atoms with Crippen LogP contribution in [0.2, 0.25) is 0 Å². The van der Waals surface area contributed by atoms with E-state index in [2.05, 4.69) is 31.7 Å². The Morgan fingerprint density at radius 3 is 2.54 bits per heavy atom. The molecule has 0 spiro atoms. The number of thioether (sulfide) groups is 1. The van der Waals surface area contributed by atoms with Gasteiger partial charge in [-0.05, 0) is 19.1 Å². The van der Waals surface area contributed by atoms with E-state index in [-0.39, 0.29) is 0 Å². The number of aliphatic imine (C=N–C) groups is 1. The van der Waals surface area contributed by atoms with Gasteiger partial charge in [0.1, 0.15) is 0 Å². The van der Waals surface area contributed by atoms with Crippen molar-refractivity contribution in [2.75, 3.05) is 6.26 Å². The molecule has 1 nitrogen and oxygen atoms in total. The topological polar surface area (TPSA) is 12.4 Å². The van der Waals surface area contributed by atoms with Crippen LogP contribution in [0.25, 0.3) is 0 Å². The zero-order valence-corrected chi connectivity index (χ0v) is 9.66. The largest absolute Gasteiger partial charge is 0.261 e. The highest BCUT2D eigenvalue weighted by atomic mass is 32.2. The summed E-state index contributed by atoms with van der Waals surface area (Å²) in [7, 11) is 0. The first-order valence-electron chi connectivity index (χ1n) is 4.71. The number of hydrogen-bond donors (Lipinski definition) is 0. The lowest BCUT2D eigenvalue weighted by Gasteiger charge is -2.06. The van der Waals surface area contributed by atoms with Gasteiger partial charge in [-0.3, -0.25) is 4.99 Å². The Bertz CT molecular complexity index is 198. The van der Waals surface area contributed by atoms with Crippen LogP contribution in [0.15, 0.2) is 28.2 Å². The fraction of sp³-hybridized carbons (Fsp3) is 0.545. The molecule has 0 aliphatic rings. The number of hydrogen-bond acceptors (Lipinski definition) is 2. The van der Waals surface area contributed by atoms with Gasteiger partial charge in [-0.15, -0.1) is 11.8 Å². The first-order chi connectivity index (χ1) is 6.29. The maximum Gasteiger partial charge on any atom is 0.0498 e. The third-order valence-corrected chi connectivity index (χ3v) is 2.73. The predicted octanol–water partition coefficient (Wildman–Crippen LogP) is 4.03. The Morgan fingerprint density at radius 1 is 1.46 bits per heavy atom. The van der Waals surface area contributed by atoms with E-state index in [4.69, 9.17) is 0 Å². The molecule has 0 amide bonds. The second kappa shape index (κ2) is 8.11. The van der Waals surface area contributed by atoms with Crippen molar-refractivity contribution in [3.05, 3.63) is 23.3 Å². The van der Waals surface area contributed by atoms with E-state index in [1.165, 1.54) is 10.6 Å². The molecule has 0 radical (unpaired) electrons. The summed E-state index contributed by atoms with van der Waals surface area (Å²) in [6.07, 6.45) is 8.89. The molecular weight excluding hydrogens is 178 g/mol. The fourth-order valence-electron chi connectivity index (χ4n) is 1.12. The van der Waals surface area contributed by atoms with Crippen molar-refractivity contribution in [3.63, 3.8) is 0 Å². The standard InChI is InChI=1S/C11H19NS/c1-5-8-10(12-9-6-2)11(7-3)13-4/h6,9H,2,5,7-8H2,1,3-4H3/b11-10-,12-9?. The summed E-state index contributed by atoms with van der Waals surface area (Å²) in [5.41, 5.74) is 1.22. The maximum atomic E-state index is 4.39. The average molecular weight is 197 g/mol. The Kier molecular flexibility index (Phi) is 7.80. The second-order valence-corrected chi connectivity index (χ2v) is 3.59. The molecule has 2 heteroatoms. The highest BCUT2D eigenvalue weighted by molar-refractivity contribution is 8.02. The molecule has 0 unspecified atom stereocenters. The molecule has 74 valence electrons. The molecule has 0 fully saturated rings. The van der Waals surface area contributed by atoms with Gasteiger partial charge < -0.3 is 0 Å². The van der Waals surface area contributed by atoms with E-state index < -0.39 is 0 Å². The number of nitrogens with zero attached hydrogens (tertiary/aromatic N) is 1. The van der Waals surface area contributed by atoms with E-state index in [9.17, 15) is 0 Å². The van der Waals surface area contributed by atoms with Crippen LogP contribution >= 0.6 is 11.8 Å². The Hall–Kier alpha value is -0.500. The van der Waals surface area contributed by atoms with Gasteiger partial charge in [0, 0.05) is 16.8 Å². The lowest BCUT2D eigenvalue weighted by atomic mass is 10.2. The van der Waals surface area contributed by atoms with Crippen molar-refractivity contribution in [1.82, 2.24) is 0 Å². The van der Waals surface area contributed by atoms with Crippen molar-refractivity contribution in [2.45, 2.75) is 33.1 Å². The average Bonchev–Trinajstić information content (AvgIpc) is 2.16. The SMILES string of the molecule is C=CC=N/C(CCC)=C(/CC)SC. The molecular formula is C11H19NS. The van der Waals surface area contributed by atoms with Gasteiger partial charge in [-0.2, -0.15) is 0 Å². The lowest BCUT2D eigenvalue weighted by molar-refractivity contribution is 0.881. The maximum absolute atomic E-state index is 4.39. The zero-order valence-electron chi connectivity index (χ0n) is 8.84. The molecule has 13 heavy (non-hydrogen) atoms. The van der Waals surface area contributed by atoms with Gasteiger partial charge in [0.15, 0.2) is 0 Å². The molecule has 0 N–H and O–H groups in total. The molecule has 0 heterocycles. The molecule has 0 aromatic rings. The van der Waals surface area contributed by atoms with E-state index in [1.54, 1.807) is 24.1 Å². The van der Waals surface area contributed by atoms with Crippen LogP contribution in [0, 0.1) is 0 Å². The zero-order chi connectivity index (χ0) is 10.1. The van der Waals surface area contributed by atoms with Crippen LogP contribution < -0.4 is 0 Å². The van der Waals surface area contributed by atoms with Crippen LogP contribution in [0.1, 0.15) is 33.1 Å². The van der Waals surface area contributed by atoms with Crippen molar-refractivity contribution in [3.8, 4) is 0 Å². The summed E-state index contributed by atoms with van der Waals surface area (Å²) in [6.45, 7) is 7.97. The smallest absolute Gasteiger partial charge is 0.0498 e. The second-order valence-electron chi connectivity index (χ2n) is 2.69. The van der Waals surface area contributed by atoms with Gasteiger partial charge in [0.05, 0.1) is 0 Å². The van der Waals surface area contributed by atoms with Crippen molar-refractivity contribution >= 4 is 18.0 Å². The van der Waals surface area contributed by atoms with Crippen LogP contribution in [0.5, 0.6) is 0 Å². The van der Waals surface area contributed by atoms with Gasteiger partial charge in [-0.1, -0.05) is 32.9 Å². The highest BCUT2D eigenvalue weighted by Crippen LogP contribution is 2.24. The summed E-state index contributed by atoms with van der Waals surface area (Å²) in [5.74, 6) is 0. The van der Waals surface area contributed by atoms with Crippen LogP contribution in [0.4, 0.5) is 0 Å². The van der Waals surface area contributed by atoms with Gasteiger partial charge in [0.25, 0.3) is 0 Å². The highest BCUT2D eigenvalue weighted by Gasteiger charge is 2.00. The molecule has 0 bridgehead atoms. The number of allylic oxidation sites excluding steroid dienone is 3. The summed E-state index contributed by atoms with van der Waals surface area (Å²) < 4.78 is 0. The normalized spacial score (nSPS) is 13.2. The molecule has 0 saturated carbocycles. The summed E-state index contributed by atoms with van der Waals surface area (Å²) in [5, 5.41) is 0. The van der Waals surface area contributed by atoms with Crippen LogP contribution in [-0.4, -0.2) is 12.5 Å². The Labute approximate surface area is 86.0 Å².